The fraction of sp³-hybridized carbons (Fsp3) is 0.0400. The molecule has 0 aliphatic carbocycles. The van der Waals surface area contributed by atoms with E-state index in [4.69, 9.17) is 0 Å². The van der Waals surface area contributed by atoms with Crippen LogP contribution in [0, 0.1) is 6.92 Å². The van der Waals surface area contributed by atoms with Gasteiger partial charge in [-0.25, -0.2) is 0 Å². The van der Waals surface area contributed by atoms with Crippen molar-refractivity contribution < 1.29 is 0 Å². The lowest BCUT2D eigenvalue weighted by atomic mass is 10.1. The van der Waals surface area contributed by atoms with Crippen molar-refractivity contribution in [2.24, 2.45) is 0 Å². The molecule has 4 aromatic carbocycles. The first-order valence-electron chi connectivity index (χ1n) is 9.22. The molecule has 0 fully saturated rings. The van der Waals surface area contributed by atoms with E-state index in [9.17, 15) is 0 Å². The van der Waals surface area contributed by atoms with Gasteiger partial charge < -0.3 is 9.88 Å². The summed E-state index contributed by atoms with van der Waals surface area (Å²) >= 11 is 0. The van der Waals surface area contributed by atoms with Gasteiger partial charge in [0.2, 0.25) is 0 Å². The summed E-state index contributed by atoms with van der Waals surface area (Å²) in [6.45, 7) is 2.11. The predicted octanol–water partition coefficient (Wildman–Crippen LogP) is 6.84. The van der Waals surface area contributed by atoms with Gasteiger partial charge in [-0.05, 0) is 49.4 Å². The zero-order valence-corrected chi connectivity index (χ0v) is 15.2. The molecule has 5 rings (SSSR count). The zero-order valence-electron chi connectivity index (χ0n) is 15.2. The predicted molar refractivity (Wildman–Crippen MR) is 115 cm³/mol. The SMILES string of the molecule is Cc1ccc(Nc2cccc3c2c2ccccc2n3-c2ccccc2)cc1. The van der Waals surface area contributed by atoms with Crippen LogP contribution in [0.25, 0.3) is 27.5 Å². The van der Waals surface area contributed by atoms with Gasteiger partial charge >= 0.3 is 0 Å². The zero-order chi connectivity index (χ0) is 18.2. The Bertz CT molecular complexity index is 1230. The first-order valence-corrected chi connectivity index (χ1v) is 9.22. The van der Waals surface area contributed by atoms with Crippen molar-refractivity contribution in [3.8, 4) is 5.69 Å². The summed E-state index contributed by atoms with van der Waals surface area (Å²) in [5.41, 5.74) is 7.10. The number of hydrogen-bond acceptors (Lipinski definition) is 1. The monoisotopic (exact) mass is 348 g/mol. The average molecular weight is 348 g/mol. The molecule has 0 radical (unpaired) electrons. The molecule has 0 atom stereocenters. The molecule has 5 aromatic rings. The first kappa shape index (κ1) is 15.7. The number of nitrogens with zero attached hydrogens (tertiary/aromatic N) is 1. The van der Waals surface area contributed by atoms with Gasteiger partial charge in [0.05, 0.1) is 11.0 Å². The van der Waals surface area contributed by atoms with E-state index in [2.05, 4.69) is 114 Å². The molecular weight excluding hydrogens is 328 g/mol. The van der Waals surface area contributed by atoms with Crippen LogP contribution in [-0.4, -0.2) is 4.57 Å². The number of fused-ring (bicyclic) bond motifs is 3. The van der Waals surface area contributed by atoms with Crippen molar-refractivity contribution in [3.05, 3.63) is 103 Å². The number of nitrogens with one attached hydrogen (secondary N) is 1. The van der Waals surface area contributed by atoms with E-state index in [0.29, 0.717) is 0 Å². The second kappa shape index (κ2) is 6.33. The van der Waals surface area contributed by atoms with Gasteiger partial charge in [0.25, 0.3) is 0 Å². The summed E-state index contributed by atoms with van der Waals surface area (Å²) in [4.78, 5) is 0. The number of aryl methyl sites for hydroxylation is 1. The number of hydrogen-bond donors (Lipinski definition) is 1. The number of aromatic nitrogens is 1. The normalized spacial score (nSPS) is 11.1. The minimum Gasteiger partial charge on any atom is -0.355 e. The molecule has 0 aliphatic rings. The second-order valence-corrected chi connectivity index (χ2v) is 6.88. The lowest BCUT2D eigenvalue weighted by molar-refractivity contribution is 1.18. The van der Waals surface area contributed by atoms with E-state index >= 15 is 0 Å². The number of para-hydroxylation sites is 2. The highest BCUT2D eigenvalue weighted by atomic mass is 15.0. The Hall–Kier alpha value is -3.52. The molecular formula is C25H20N2. The highest BCUT2D eigenvalue weighted by Crippen LogP contribution is 2.37. The molecule has 1 N–H and O–H groups in total. The summed E-state index contributed by atoms with van der Waals surface area (Å²) in [5.74, 6) is 0. The molecule has 0 bridgehead atoms. The van der Waals surface area contributed by atoms with Crippen LogP contribution >= 0.6 is 0 Å². The van der Waals surface area contributed by atoms with Crippen molar-refractivity contribution in [1.29, 1.82) is 0 Å². The number of rotatable bonds is 3. The third-order valence-electron chi connectivity index (χ3n) is 5.04. The van der Waals surface area contributed by atoms with Crippen molar-refractivity contribution in [1.82, 2.24) is 4.57 Å². The van der Waals surface area contributed by atoms with E-state index in [1.54, 1.807) is 0 Å². The van der Waals surface area contributed by atoms with Crippen molar-refractivity contribution in [2.45, 2.75) is 6.92 Å². The van der Waals surface area contributed by atoms with Crippen LogP contribution in [0.2, 0.25) is 0 Å². The molecule has 2 heteroatoms. The maximum Gasteiger partial charge on any atom is 0.0562 e. The Balaban J connectivity index is 1.78. The molecule has 0 aliphatic heterocycles. The minimum absolute atomic E-state index is 1.10. The Morgan fingerprint density at radius 3 is 2.15 bits per heavy atom. The van der Waals surface area contributed by atoms with E-state index in [0.717, 1.165) is 11.4 Å². The lowest BCUT2D eigenvalue weighted by Gasteiger charge is -2.10. The van der Waals surface area contributed by atoms with Crippen molar-refractivity contribution >= 4 is 33.2 Å². The molecule has 1 heterocycles. The largest absolute Gasteiger partial charge is 0.355 e. The molecule has 0 saturated heterocycles. The van der Waals surface area contributed by atoms with Crippen LogP contribution in [0.5, 0.6) is 0 Å². The summed E-state index contributed by atoms with van der Waals surface area (Å²) < 4.78 is 2.34. The van der Waals surface area contributed by atoms with E-state index < -0.39 is 0 Å². The highest BCUT2D eigenvalue weighted by Gasteiger charge is 2.14. The van der Waals surface area contributed by atoms with Crippen LogP contribution in [0.3, 0.4) is 0 Å². The van der Waals surface area contributed by atoms with Crippen LogP contribution in [0.1, 0.15) is 5.56 Å². The van der Waals surface area contributed by atoms with Crippen LogP contribution in [0.4, 0.5) is 11.4 Å². The summed E-state index contributed by atoms with van der Waals surface area (Å²) in [6.07, 6.45) is 0. The third kappa shape index (κ3) is 2.67. The minimum atomic E-state index is 1.10. The fourth-order valence-electron chi connectivity index (χ4n) is 3.77. The van der Waals surface area contributed by atoms with E-state index in [1.807, 2.05) is 0 Å². The Morgan fingerprint density at radius 2 is 1.33 bits per heavy atom. The Labute approximate surface area is 158 Å². The average Bonchev–Trinajstić information content (AvgIpc) is 3.06. The van der Waals surface area contributed by atoms with Gasteiger partial charge in [-0.3, -0.25) is 0 Å². The molecule has 1 aromatic heterocycles. The smallest absolute Gasteiger partial charge is 0.0562 e. The molecule has 2 nitrogen and oxygen atoms in total. The van der Waals surface area contributed by atoms with Gasteiger partial charge in [-0.2, -0.15) is 0 Å². The first-order chi connectivity index (χ1) is 13.3. The van der Waals surface area contributed by atoms with Gasteiger partial charge in [0, 0.05) is 27.8 Å². The summed E-state index contributed by atoms with van der Waals surface area (Å²) in [7, 11) is 0. The highest BCUT2D eigenvalue weighted by molar-refractivity contribution is 6.15. The van der Waals surface area contributed by atoms with Crippen LogP contribution in [0.15, 0.2) is 97.1 Å². The molecule has 130 valence electrons. The van der Waals surface area contributed by atoms with Crippen molar-refractivity contribution in [3.63, 3.8) is 0 Å². The van der Waals surface area contributed by atoms with Gasteiger partial charge in [0.15, 0.2) is 0 Å². The quantitative estimate of drug-likeness (QED) is 0.378. The molecule has 0 amide bonds. The van der Waals surface area contributed by atoms with E-state index in [-0.39, 0.29) is 0 Å². The summed E-state index contributed by atoms with van der Waals surface area (Å²) in [6, 6.07) is 34.2. The maximum absolute atomic E-state index is 3.62. The molecule has 0 saturated carbocycles. The van der Waals surface area contributed by atoms with Crippen molar-refractivity contribution in [2.75, 3.05) is 5.32 Å². The fourth-order valence-corrected chi connectivity index (χ4v) is 3.77. The third-order valence-corrected chi connectivity index (χ3v) is 5.04. The topological polar surface area (TPSA) is 17.0 Å². The molecule has 0 spiro atoms. The van der Waals surface area contributed by atoms with Gasteiger partial charge in [0.1, 0.15) is 0 Å². The van der Waals surface area contributed by atoms with Crippen LogP contribution < -0.4 is 5.32 Å². The van der Waals surface area contributed by atoms with Gasteiger partial charge in [-0.1, -0.05) is 60.2 Å². The number of benzene rings is 4. The maximum atomic E-state index is 3.62. The van der Waals surface area contributed by atoms with Gasteiger partial charge in [-0.15, -0.1) is 0 Å². The lowest BCUT2D eigenvalue weighted by Crippen LogP contribution is -1.94. The number of anilines is 2. The Kier molecular flexibility index (Phi) is 3.68. The van der Waals surface area contributed by atoms with Crippen LogP contribution in [-0.2, 0) is 0 Å². The summed E-state index contributed by atoms with van der Waals surface area (Å²) in [5, 5.41) is 6.12. The Morgan fingerprint density at radius 1 is 0.630 bits per heavy atom. The standard InChI is InChI=1S/C25H20N2/c1-18-14-16-19(17-15-18)26-22-11-7-13-24-25(22)21-10-5-6-12-23(21)27(24)20-8-3-2-4-9-20/h2-17,26H,1H3. The molecule has 0 unspecified atom stereocenters. The van der Waals surface area contributed by atoms with E-state index in [1.165, 1.54) is 33.1 Å². The molecule has 27 heavy (non-hydrogen) atoms. The second-order valence-electron chi connectivity index (χ2n) is 6.88.